The molecule has 0 aliphatic rings. The molecule has 0 saturated carbocycles. The Labute approximate surface area is 126 Å². The van der Waals surface area contributed by atoms with E-state index >= 15 is 0 Å². The highest BCUT2D eigenvalue weighted by Crippen LogP contribution is 2.23. The minimum Gasteiger partial charge on any atom is -0.350 e. The maximum atomic E-state index is 13.6. The van der Waals surface area contributed by atoms with E-state index in [2.05, 4.69) is 42.0 Å². The van der Waals surface area contributed by atoms with E-state index in [0.29, 0.717) is 11.0 Å². The van der Waals surface area contributed by atoms with Gasteiger partial charge in [-0.1, -0.05) is 26.8 Å². The third-order valence-corrected chi connectivity index (χ3v) is 3.48. The van der Waals surface area contributed by atoms with Crippen molar-refractivity contribution in [2.24, 2.45) is 5.41 Å². The fourth-order valence-corrected chi connectivity index (χ4v) is 2.81. The van der Waals surface area contributed by atoms with E-state index in [1.165, 1.54) is 6.07 Å². The van der Waals surface area contributed by atoms with Crippen molar-refractivity contribution in [1.29, 1.82) is 0 Å². The summed E-state index contributed by atoms with van der Waals surface area (Å²) in [5.74, 6) is -1.00. The predicted molar refractivity (Wildman–Crippen MR) is 80.1 cm³/mol. The summed E-state index contributed by atoms with van der Waals surface area (Å²) < 4.78 is 14.0. The number of nitrogens with one attached hydrogen (secondary N) is 1. The van der Waals surface area contributed by atoms with Gasteiger partial charge in [-0.2, -0.15) is 0 Å². The van der Waals surface area contributed by atoms with Crippen LogP contribution in [0.1, 0.15) is 37.6 Å². The number of hydrogen-bond donors (Lipinski definition) is 1. The van der Waals surface area contributed by atoms with Gasteiger partial charge in [-0.25, -0.2) is 4.39 Å². The summed E-state index contributed by atoms with van der Waals surface area (Å²) in [6, 6.07) is 4.43. The predicted octanol–water partition coefficient (Wildman–Crippen LogP) is 4.36. The SMILES string of the molecule is CC(C)(C)CC(Cl)CNC(=O)c1c(F)cccc1Br. The molecule has 0 bridgehead atoms. The first-order valence-electron chi connectivity index (χ1n) is 6.07. The van der Waals surface area contributed by atoms with Gasteiger partial charge in [-0.05, 0) is 39.9 Å². The average Bonchev–Trinajstić information content (AvgIpc) is 2.23. The van der Waals surface area contributed by atoms with Crippen molar-refractivity contribution in [3.63, 3.8) is 0 Å². The average molecular weight is 351 g/mol. The van der Waals surface area contributed by atoms with E-state index in [1.807, 2.05) is 0 Å². The molecule has 0 radical (unpaired) electrons. The molecule has 0 aromatic heterocycles. The lowest BCUT2D eigenvalue weighted by molar-refractivity contribution is 0.0947. The van der Waals surface area contributed by atoms with Crippen LogP contribution in [0, 0.1) is 11.2 Å². The van der Waals surface area contributed by atoms with Gasteiger partial charge in [0.15, 0.2) is 0 Å². The maximum absolute atomic E-state index is 13.6. The molecule has 1 rings (SSSR count). The van der Waals surface area contributed by atoms with Gasteiger partial charge in [0.2, 0.25) is 0 Å². The third-order valence-electron chi connectivity index (χ3n) is 2.51. The van der Waals surface area contributed by atoms with Gasteiger partial charge in [0.1, 0.15) is 5.82 Å². The van der Waals surface area contributed by atoms with Crippen LogP contribution in [0.2, 0.25) is 0 Å². The van der Waals surface area contributed by atoms with Crippen LogP contribution in [-0.2, 0) is 0 Å². The smallest absolute Gasteiger partial charge is 0.255 e. The molecule has 1 N–H and O–H groups in total. The first-order chi connectivity index (χ1) is 8.70. The number of rotatable bonds is 4. The summed E-state index contributed by atoms with van der Waals surface area (Å²) in [5, 5.41) is 2.49. The minimum atomic E-state index is -0.547. The van der Waals surface area contributed by atoms with Crippen LogP contribution in [0.5, 0.6) is 0 Å². The molecule has 0 spiro atoms. The van der Waals surface area contributed by atoms with Gasteiger partial charge in [0, 0.05) is 11.0 Å². The Morgan fingerprint density at radius 1 is 1.47 bits per heavy atom. The minimum absolute atomic E-state index is 0.0159. The zero-order valence-electron chi connectivity index (χ0n) is 11.3. The van der Waals surface area contributed by atoms with E-state index in [9.17, 15) is 9.18 Å². The van der Waals surface area contributed by atoms with Gasteiger partial charge in [0.05, 0.1) is 10.9 Å². The lowest BCUT2D eigenvalue weighted by Crippen LogP contribution is -2.32. The number of carbonyl (C=O) groups is 1. The Bertz CT molecular complexity index is 439. The van der Waals surface area contributed by atoms with Crippen molar-refractivity contribution in [2.75, 3.05) is 6.54 Å². The second-order valence-electron chi connectivity index (χ2n) is 5.67. The number of carbonyl (C=O) groups excluding carboxylic acids is 1. The number of alkyl halides is 1. The van der Waals surface area contributed by atoms with E-state index in [-0.39, 0.29) is 16.4 Å². The number of amides is 1. The Morgan fingerprint density at radius 2 is 2.11 bits per heavy atom. The summed E-state index contributed by atoms with van der Waals surface area (Å²) in [4.78, 5) is 11.9. The van der Waals surface area contributed by atoms with Crippen LogP contribution in [-0.4, -0.2) is 17.8 Å². The normalized spacial score (nSPS) is 13.2. The zero-order chi connectivity index (χ0) is 14.6. The van der Waals surface area contributed by atoms with Crippen LogP contribution in [0.15, 0.2) is 22.7 Å². The lowest BCUT2D eigenvalue weighted by atomic mass is 9.90. The van der Waals surface area contributed by atoms with Crippen LogP contribution < -0.4 is 5.32 Å². The maximum Gasteiger partial charge on any atom is 0.255 e. The van der Waals surface area contributed by atoms with Crippen molar-refractivity contribution in [3.05, 3.63) is 34.1 Å². The molecule has 0 aliphatic heterocycles. The first kappa shape index (κ1) is 16.4. The second kappa shape index (κ2) is 6.71. The Balaban J connectivity index is 2.61. The monoisotopic (exact) mass is 349 g/mol. The summed E-state index contributed by atoms with van der Waals surface area (Å²) in [6.07, 6.45) is 0.771. The fraction of sp³-hybridized carbons (Fsp3) is 0.500. The van der Waals surface area contributed by atoms with Crippen LogP contribution in [0.4, 0.5) is 4.39 Å². The third kappa shape index (κ3) is 5.49. The van der Waals surface area contributed by atoms with Gasteiger partial charge in [-0.3, -0.25) is 4.79 Å². The first-order valence-corrected chi connectivity index (χ1v) is 7.30. The number of benzene rings is 1. The molecule has 2 nitrogen and oxygen atoms in total. The highest BCUT2D eigenvalue weighted by molar-refractivity contribution is 9.10. The van der Waals surface area contributed by atoms with Crippen LogP contribution in [0.3, 0.4) is 0 Å². The summed E-state index contributed by atoms with van der Waals surface area (Å²) >= 11 is 9.33. The molecule has 1 amide bonds. The molecule has 0 heterocycles. The van der Waals surface area contributed by atoms with Crippen molar-refractivity contribution in [2.45, 2.75) is 32.6 Å². The van der Waals surface area contributed by atoms with Gasteiger partial charge in [-0.15, -0.1) is 11.6 Å². The molecule has 1 atom stereocenters. The molecular formula is C14H18BrClFNO. The van der Waals surface area contributed by atoms with Crippen molar-refractivity contribution in [3.8, 4) is 0 Å². The summed E-state index contributed by atoms with van der Waals surface area (Å²) in [7, 11) is 0. The van der Waals surface area contributed by atoms with Gasteiger partial charge in [0.25, 0.3) is 5.91 Å². The van der Waals surface area contributed by atoms with Crippen LogP contribution >= 0.6 is 27.5 Å². The van der Waals surface area contributed by atoms with E-state index in [0.717, 1.165) is 6.42 Å². The molecular weight excluding hydrogens is 333 g/mol. The summed E-state index contributed by atoms with van der Waals surface area (Å²) in [6.45, 7) is 6.56. The Morgan fingerprint density at radius 3 is 2.63 bits per heavy atom. The lowest BCUT2D eigenvalue weighted by Gasteiger charge is -2.22. The second-order valence-corrected chi connectivity index (χ2v) is 7.14. The van der Waals surface area contributed by atoms with E-state index in [4.69, 9.17) is 11.6 Å². The zero-order valence-corrected chi connectivity index (χ0v) is 13.6. The standard InChI is InChI=1S/C14H18BrClFNO/c1-14(2,3)7-9(16)8-18-13(19)12-10(15)5-4-6-11(12)17/h4-6,9H,7-8H2,1-3H3,(H,18,19). The van der Waals surface area contributed by atoms with Crippen molar-refractivity contribution < 1.29 is 9.18 Å². The molecule has 1 aromatic carbocycles. The summed E-state index contributed by atoms with van der Waals surface area (Å²) in [5.41, 5.74) is 0.109. The molecule has 5 heteroatoms. The molecule has 106 valence electrons. The largest absolute Gasteiger partial charge is 0.350 e. The van der Waals surface area contributed by atoms with Gasteiger partial charge < -0.3 is 5.32 Å². The van der Waals surface area contributed by atoms with E-state index < -0.39 is 11.7 Å². The quantitative estimate of drug-likeness (QED) is 0.803. The molecule has 19 heavy (non-hydrogen) atoms. The van der Waals surface area contributed by atoms with Crippen molar-refractivity contribution in [1.82, 2.24) is 5.32 Å². The number of halogens is 3. The molecule has 0 aliphatic carbocycles. The molecule has 0 saturated heterocycles. The fourth-order valence-electron chi connectivity index (χ4n) is 1.74. The molecule has 0 fully saturated rings. The van der Waals surface area contributed by atoms with Crippen LogP contribution in [0.25, 0.3) is 0 Å². The number of hydrogen-bond acceptors (Lipinski definition) is 1. The topological polar surface area (TPSA) is 29.1 Å². The highest BCUT2D eigenvalue weighted by atomic mass is 79.9. The molecule has 1 unspecified atom stereocenters. The molecule has 1 aromatic rings. The van der Waals surface area contributed by atoms with Crippen molar-refractivity contribution >= 4 is 33.4 Å². The van der Waals surface area contributed by atoms with Gasteiger partial charge >= 0.3 is 0 Å². The highest BCUT2D eigenvalue weighted by Gasteiger charge is 2.19. The van der Waals surface area contributed by atoms with E-state index in [1.54, 1.807) is 12.1 Å². The Kier molecular flexibility index (Phi) is 5.81. The Hall–Kier alpha value is -0.610.